The molecular formula is C25H26N4O2. The molecule has 3 heterocycles. The molecule has 1 saturated carbocycles. The molecule has 6 nitrogen and oxygen atoms in total. The van der Waals surface area contributed by atoms with E-state index < -0.39 is 0 Å². The lowest BCUT2D eigenvalue weighted by molar-refractivity contribution is -0.135. The third kappa shape index (κ3) is 3.90. The molecule has 1 saturated heterocycles. The van der Waals surface area contributed by atoms with Gasteiger partial charge in [0.2, 0.25) is 5.91 Å². The van der Waals surface area contributed by atoms with Crippen LogP contribution in [0.15, 0.2) is 71.8 Å². The molecule has 0 spiro atoms. The zero-order valence-electron chi connectivity index (χ0n) is 17.5. The minimum absolute atomic E-state index is 0.0858. The van der Waals surface area contributed by atoms with E-state index in [9.17, 15) is 9.59 Å². The largest absolute Gasteiger partial charge is 0.342 e. The molecule has 3 aromatic rings. The van der Waals surface area contributed by atoms with Crippen LogP contribution in [0.1, 0.15) is 31.2 Å². The molecule has 2 aromatic heterocycles. The first kappa shape index (κ1) is 19.7. The second-order valence-corrected chi connectivity index (χ2v) is 8.66. The van der Waals surface area contributed by atoms with Crippen molar-refractivity contribution in [3.63, 3.8) is 0 Å². The van der Waals surface area contributed by atoms with Crippen molar-refractivity contribution < 1.29 is 4.79 Å². The van der Waals surface area contributed by atoms with Gasteiger partial charge in [0.15, 0.2) is 0 Å². The number of hydrogen-bond acceptors (Lipinski definition) is 4. The SMILES string of the molecule is O=C(N1CCC(Cn2nc(-c3ccncc3)ccc2=O)CC1)C1(c2ccccc2)CC1. The van der Waals surface area contributed by atoms with Crippen molar-refractivity contribution >= 4 is 5.91 Å². The molecule has 2 fully saturated rings. The summed E-state index contributed by atoms with van der Waals surface area (Å²) in [5.41, 5.74) is 2.47. The van der Waals surface area contributed by atoms with Crippen molar-refractivity contribution in [1.29, 1.82) is 0 Å². The number of nitrogens with zero attached hydrogens (tertiary/aromatic N) is 4. The summed E-state index contributed by atoms with van der Waals surface area (Å²) in [5, 5.41) is 4.58. The highest BCUT2D eigenvalue weighted by Gasteiger charge is 2.53. The van der Waals surface area contributed by atoms with Gasteiger partial charge in [0.05, 0.1) is 11.1 Å². The van der Waals surface area contributed by atoms with Gasteiger partial charge >= 0.3 is 0 Å². The highest BCUT2D eigenvalue weighted by atomic mass is 16.2. The van der Waals surface area contributed by atoms with Crippen LogP contribution in [0.25, 0.3) is 11.3 Å². The van der Waals surface area contributed by atoms with Crippen molar-refractivity contribution in [1.82, 2.24) is 19.7 Å². The van der Waals surface area contributed by atoms with E-state index >= 15 is 0 Å². The summed E-state index contributed by atoms with van der Waals surface area (Å²) in [6.45, 7) is 2.08. The summed E-state index contributed by atoms with van der Waals surface area (Å²) in [6, 6.07) is 17.3. The summed E-state index contributed by atoms with van der Waals surface area (Å²) >= 11 is 0. The zero-order valence-corrected chi connectivity index (χ0v) is 17.5. The fourth-order valence-electron chi connectivity index (χ4n) is 4.63. The van der Waals surface area contributed by atoms with Crippen molar-refractivity contribution in [2.24, 2.45) is 5.92 Å². The van der Waals surface area contributed by atoms with Gasteiger partial charge in [-0.25, -0.2) is 4.68 Å². The molecule has 2 aliphatic rings. The number of carbonyl (C=O) groups excluding carboxylic acids is 1. The van der Waals surface area contributed by atoms with Crippen LogP contribution in [-0.4, -0.2) is 38.7 Å². The molecule has 6 heteroatoms. The monoisotopic (exact) mass is 414 g/mol. The number of pyridine rings is 1. The van der Waals surface area contributed by atoms with Gasteiger partial charge in [-0.3, -0.25) is 14.6 Å². The van der Waals surface area contributed by atoms with E-state index in [1.165, 1.54) is 0 Å². The lowest BCUT2D eigenvalue weighted by atomic mass is 9.91. The maximum atomic E-state index is 13.3. The Labute approximate surface area is 181 Å². The summed E-state index contributed by atoms with van der Waals surface area (Å²) in [5.74, 6) is 0.612. The summed E-state index contributed by atoms with van der Waals surface area (Å²) in [7, 11) is 0. The molecule has 0 atom stereocenters. The summed E-state index contributed by atoms with van der Waals surface area (Å²) in [6.07, 6.45) is 7.12. The maximum Gasteiger partial charge on any atom is 0.266 e. The average molecular weight is 415 g/mol. The summed E-state index contributed by atoms with van der Waals surface area (Å²) in [4.78, 5) is 31.7. The third-order valence-electron chi connectivity index (χ3n) is 6.66. The van der Waals surface area contributed by atoms with Gasteiger partial charge in [0.25, 0.3) is 5.56 Å². The Kier molecular flexibility index (Phi) is 5.14. The summed E-state index contributed by atoms with van der Waals surface area (Å²) < 4.78 is 1.57. The molecule has 1 amide bonds. The van der Waals surface area contributed by atoms with Crippen LogP contribution in [0, 0.1) is 5.92 Å². The Morgan fingerprint density at radius 2 is 1.68 bits per heavy atom. The number of carbonyl (C=O) groups is 1. The van der Waals surface area contributed by atoms with E-state index in [-0.39, 0.29) is 16.9 Å². The van der Waals surface area contributed by atoms with E-state index in [1.807, 2.05) is 35.2 Å². The fraction of sp³-hybridized carbons (Fsp3) is 0.360. The van der Waals surface area contributed by atoms with Crippen LogP contribution in [0.5, 0.6) is 0 Å². The average Bonchev–Trinajstić information content (AvgIpc) is 3.64. The molecule has 158 valence electrons. The number of amides is 1. The molecule has 1 aliphatic carbocycles. The van der Waals surface area contributed by atoms with Gasteiger partial charge in [0, 0.05) is 43.7 Å². The van der Waals surface area contributed by atoms with Crippen molar-refractivity contribution in [3.05, 3.63) is 82.9 Å². The van der Waals surface area contributed by atoms with Crippen LogP contribution < -0.4 is 5.56 Å². The number of hydrogen-bond donors (Lipinski definition) is 0. The van der Waals surface area contributed by atoms with E-state index in [0.29, 0.717) is 12.5 Å². The molecule has 0 radical (unpaired) electrons. The number of benzene rings is 1. The third-order valence-corrected chi connectivity index (χ3v) is 6.66. The Bertz CT molecular complexity index is 1120. The van der Waals surface area contributed by atoms with Gasteiger partial charge in [-0.2, -0.15) is 5.10 Å². The molecule has 0 unspecified atom stereocenters. The molecule has 0 bridgehead atoms. The first-order valence-corrected chi connectivity index (χ1v) is 11.0. The predicted octanol–water partition coefficient (Wildman–Crippen LogP) is 3.28. The molecule has 31 heavy (non-hydrogen) atoms. The standard InChI is InChI=1S/C25H26N4O2/c30-23-7-6-22(20-8-14-26-15-9-20)27-29(23)18-19-10-16-28(17-11-19)24(31)25(12-13-25)21-4-2-1-3-5-21/h1-9,14-15,19H,10-13,16-18H2. The van der Waals surface area contributed by atoms with Crippen LogP contribution in [0.3, 0.4) is 0 Å². The minimum Gasteiger partial charge on any atom is -0.342 e. The minimum atomic E-state index is -0.300. The maximum absolute atomic E-state index is 13.3. The molecule has 5 rings (SSSR count). The Balaban J connectivity index is 1.24. The molecular weight excluding hydrogens is 388 g/mol. The quantitative estimate of drug-likeness (QED) is 0.643. The highest BCUT2D eigenvalue weighted by molar-refractivity contribution is 5.91. The van der Waals surface area contributed by atoms with Gasteiger partial charge in [-0.1, -0.05) is 30.3 Å². The number of rotatable bonds is 5. The number of likely N-dealkylation sites (tertiary alicyclic amines) is 1. The van der Waals surface area contributed by atoms with Crippen LogP contribution in [-0.2, 0) is 16.8 Å². The Hall–Kier alpha value is -3.28. The lowest BCUT2D eigenvalue weighted by Gasteiger charge is -2.34. The highest BCUT2D eigenvalue weighted by Crippen LogP contribution is 2.49. The normalized spacial score (nSPS) is 18.0. The van der Waals surface area contributed by atoms with E-state index in [2.05, 4.69) is 22.2 Å². The van der Waals surface area contributed by atoms with E-state index in [1.54, 1.807) is 29.2 Å². The second kappa shape index (κ2) is 8.10. The molecule has 0 N–H and O–H groups in total. The van der Waals surface area contributed by atoms with Gasteiger partial charge in [0.1, 0.15) is 0 Å². The van der Waals surface area contributed by atoms with Crippen LogP contribution in [0.4, 0.5) is 0 Å². The fourth-order valence-corrected chi connectivity index (χ4v) is 4.63. The Morgan fingerprint density at radius 1 is 0.968 bits per heavy atom. The molecule has 1 aliphatic heterocycles. The van der Waals surface area contributed by atoms with Gasteiger partial charge in [-0.15, -0.1) is 0 Å². The van der Waals surface area contributed by atoms with Crippen molar-refractivity contribution in [2.45, 2.75) is 37.6 Å². The van der Waals surface area contributed by atoms with Gasteiger partial charge in [-0.05, 0) is 55.4 Å². The van der Waals surface area contributed by atoms with Crippen molar-refractivity contribution in [2.75, 3.05) is 13.1 Å². The van der Waals surface area contributed by atoms with Gasteiger partial charge < -0.3 is 4.90 Å². The predicted molar refractivity (Wildman–Crippen MR) is 118 cm³/mol. The van der Waals surface area contributed by atoms with Crippen LogP contribution in [0.2, 0.25) is 0 Å². The lowest BCUT2D eigenvalue weighted by Crippen LogP contribution is -2.45. The zero-order chi connectivity index (χ0) is 21.3. The Morgan fingerprint density at radius 3 is 2.35 bits per heavy atom. The first-order valence-electron chi connectivity index (χ1n) is 11.0. The number of aromatic nitrogens is 3. The van der Waals surface area contributed by atoms with Crippen molar-refractivity contribution in [3.8, 4) is 11.3 Å². The topological polar surface area (TPSA) is 68.1 Å². The molecule has 1 aromatic carbocycles. The van der Waals surface area contributed by atoms with Crippen LogP contribution >= 0.6 is 0 Å². The number of piperidine rings is 1. The smallest absolute Gasteiger partial charge is 0.266 e. The second-order valence-electron chi connectivity index (χ2n) is 8.66. The van der Waals surface area contributed by atoms with E-state index in [4.69, 9.17) is 0 Å². The first-order chi connectivity index (χ1) is 15.2. The van der Waals surface area contributed by atoms with E-state index in [0.717, 1.165) is 55.6 Å².